The molecule has 39 heavy (non-hydrogen) atoms. The van der Waals surface area contributed by atoms with E-state index < -0.39 is 10.0 Å². The van der Waals surface area contributed by atoms with Gasteiger partial charge in [-0.3, -0.25) is 9.69 Å². The van der Waals surface area contributed by atoms with Crippen molar-refractivity contribution in [1.82, 2.24) is 14.2 Å². The van der Waals surface area contributed by atoms with Crippen LogP contribution in [0.2, 0.25) is 0 Å². The monoisotopic (exact) mass is 574 g/mol. The zero-order chi connectivity index (χ0) is 28.3. The molecule has 0 saturated carbocycles. The van der Waals surface area contributed by atoms with E-state index in [1.54, 1.807) is 21.3 Å². The van der Waals surface area contributed by atoms with E-state index in [-0.39, 0.29) is 29.4 Å². The first kappa shape index (κ1) is 29.3. The summed E-state index contributed by atoms with van der Waals surface area (Å²) >= 11 is 1.42. The maximum absolute atomic E-state index is 13.8. The van der Waals surface area contributed by atoms with E-state index in [0.29, 0.717) is 41.8 Å². The van der Waals surface area contributed by atoms with E-state index in [4.69, 9.17) is 14.5 Å². The Labute approximate surface area is 235 Å². The first-order chi connectivity index (χ1) is 18.5. The van der Waals surface area contributed by atoms with Gasteiger partial charge in [0.25, 0.3) is 5.91 Å². The molecule has 1 aromatic heterocycles. The number of amides is 1. The maximum atomic E-state index is 13.8. The average molecular weight is 575 g/mol. The Morgan fingerprint density at radius 2 is 1.59 bits per heavy atom. The molecule has 0 aliphatic carbocycles. The molecule has 212 valence electrons. The van der Waals surface area contributed by atoms with E-state index in [1.807, 2.05) is 53.9 Å². The first-order valence-electron chi connectivity index (χ1n) is 13.2. The molecule has 1 aliphatic rings. The summed E-state index contributed by atoms with van der Waals surface area (Å²) in [5.74, 6) is 1.49. The highest BCUT2D eigenvalue weighted by atomic mass is 32.2. The number of rotatable bonds is 12. The molecule has 2 aromatic carbocycles. The Bertz CT molecular complexity index is 1350. The fraction of sp³-hybridized carbons (Fsp3) is 0.500. The lowest BCUT2D eigenvalue weighted by atomic mass is 10.2. The Hall–Kier alpha value is -2.73. The van der Waals surface area contributed by atoms with Crippen molar-refractivity contribution in [2.45, 2.75) is 39.0 Å². The Kier molecular flexibility index (Phi) is 9.15. The number of ether oxygens (including phenoxy) is 2. The van der Waals surface area contributed by atoms with Crippen LogP contribution in [0.3, 0.4) is 0 Å². The SMILES string of the molecule is CC(C)CN(CC(C)C)S(=O)(=O)c1ccc(C(=O)N(CCCN(C)C)c2nc3cc4c(cc3s2)OCO4)cc1. The smallest absolute Gasteiger partial charge is 0.260 e. The summed E-state index contributed by atoms with van der Waals surface area (Å²) < 4.78 is 40.3. The van der Waals surface area contributed by atoms with Crippen molar-refractivity contribution in [3.8, 4) is 11.5 Å². The molecule has 0 N–H and O–H groups in total. The molecule has 0 radical (unpaired) electrons. The quantitative estimate of drug-likeness (QED) is 0.303. The van der Waals surface area contributed by atoms with Crippen molar-refractivity contribution in [3.05, 3.63) is 42.0 Å². The van der Waals surface area contributed by atoms with Gasteiger partial charge in [-0.25, -0.2) is 13.4 Å². The second-order valence-corrected chi connectivity index (χ2v) is 13.9. The number of aromatic nitrogens is 1. The van der Waals surface area contributed by atoms with Gasteiger partial charge in [0.05, 0.1) is 15.1 Å². The molecule has 0 bridgehead atoms. The lowest BCUT2D eigenvalue weighted by Gasteiger charge is -2.26. The summed E-state index contributed by atoms with van der Waals surface area (Å²) in [5.41, 5.74) is 1.15. The van der Waals surface area contributed by atoms with E-state index in [0.717, 1.165) is 23.2 Å². The lowest BCUT2D eigenvalue weighted by molar-refractivity contribution is 0.0986. The van der Waals surface area contributed by atoms with Gasteiger partial charge < -0.3 is 14.4 Å². The average Bonchev–Trinajstić information content (AvgIpc) is 3.49. The van der Waals surface area contributed by atoms with Crippen LogP contribution in [0.25, 0.3) is 10.2 Å². The predicted molar refractivity (Wildman–Crippen MR) is 155 cm³/mol. The van der Waals surface area contributed by atoms with Gasteiger partial charge in [-0.15, -0.1) is 0 Å². The van der Waals surface area contributed by atoms with Crippen molar-refractivity contribution in [2.24, 2.45) is 11.8 Å². The standard InChI is InChI=1S/C28H38N4O5S2/c1-19(2)16-31(17-20(3)4)39(34,35)22-10-8-21(9-11-22)27(33)32(13-7-12-30(5)6)28-29-23-14-24-25(37-18-36-24)15-26(23)38-28/h8-11,14-15,19-20H,7,12-13,16-18H2,1-6H3. The highest BCUT2D eigenvalue weighted by molar-refractivity contribution is 7.89. The van der Waals surface area contributed by atoms with Crippen LogP contribution in [0.5, 0.6) is 11.5 Å². The fourth-order valence-electron chi connectivity index (χ4n) is 4.41. The third-order valence-electron chi connectivity index (χ3n) is 6.21. The first-order valence-corrected chi connectivity index (χ1v) is 15.5. The summed E-state index contributed by atoms with van der Waals surface area (Å²) in [6.07, 6.45) is 0.753. The Morgan fingerprint density at radius 3 is 2.18 bits per heavy atom. The molecule has 1 amide bonds. The van der Waals surface area contributed by atoms with E-state index >= 15 is 0 Å². The molecule has 0 saturated heterocycles. The van der Waals surface area contributed by atoms with Gasteiger partial charge in [0.1, 0.15) is 0 Å². The maximum Gasteiger partial charge on any atom is 0.260 e. The van der Waals surface area contributed by atoms with Crippen LogP contribution in [-0.4, -0.2) is 75.6 Å². The van der Waals surface area contributed by atoms with E-state index in [9.17, 15) is 13.2 Å². The zero-order valence-corrected chi connectivity index (χ0v) is 25.1. The van der Waals surface area contributed by atoms with Gasteiger partial charge >= 0.3 is 0 Å². The van der Waals surface area contributed by atoms with Crippen molar-refractivity contribution in [1.29, 1.82) is 0 Å². The molecule has 0 unspecified atom stereocenters. The van der Waals surface area contributed by atoms with Gasteiger partial charge in [0.2, 0.25) is 16.8 Å². The number of carbonyl (C=O) groups is 1. The highest BCUT2D eigenvalue weighted by Crippen LogP contribution is 2.40. The van der Waals surface area contributed by atoms with Crippen LogP contribution < -0.4 is 14.4 Å². The molecule has 0 spiro atoms. The van der Waals surface area contributed by atoms with Crippen molar-refractivity contribution < 1.29 is 22.7 Å². The second kappa shape index (κ2) is 12.2. The summed E-state index contributed by atoms with van der Waals surface area (Å²) in [6, 6.07) is 9.99. The molecular formula is C28H38N4O5S2. The number of anilines is 1. The number of thiazole rings is 1. The van der Waals surface area contributed by atoms with Crippen LogP contribution in [0.15, 0.2) is 41.3 Å². The third kappa shape index (κ3) is 6.89. The van der Waals surface area contributed by atoms with Crippen molar-refractivity contribution in [2.75, 3.05) is 52.0 Å². The van der Waals surface area contributed by atoms with Gasteiger partial charge in [-0.1, -0.05) is 39.0 Å². The van der Waals surface area contributed by atoms with Crippen LogP contribution in [0.4, 0.5) is 5.13 Å². The lowest BCUT2D eigenvalue weighted by Crippen LogP contribution is -2.37. The molecule has 11 heteroatoms. The van der Waals surface area contributed by atoms with Crippen molar-refractivity contribution in [3.63, 3.8) is 0 Å². The number of fused-ring (bicyclic) bond motifs is 2. The largest absolute Gasteiger partial charge is 0.454 e. The molecule has 3 aromatic rings. The summed E-state index contributed by atoms with van der Waals surface area (Å²) in [4.78, 5) is 22.4. The van der Waals surface area contributed by atoms with Gasteiger partial charge in [-0.2, -0.15) is 4.31 Å². The van der Waals surface area contributed by atoms with Crippen LogP contribution in [0, 0.1) is 11.8 Å². The normalized spacial score (nSPS) is 13.4. The van der Waals surface area contributed by atoms with Gasteiger partial charge in [0.15, 0.2) is 16.6 Å². The molecule has 0 atom stereocenters. The Morgan fingerprint density at radius 1 is 0.974 bits per heavy atom. The number of carbonyl (C=O) groups excluding carboxylic acids is 1. The molecule has 0 fully saturated rings. The topological polar surface area (TPSA) is 92.3 Å². The number of hydrogen-bond acceptors (Lipinski definition) is 8. The second-order valence-electron chi connectivity index (χ2n) is 10.9. The molecule has 4 rings (SSSR count). The third-order valence-corrected chi connectivity index (χ3v) is 9.10. The molecular weight excluding hydrogens is 536 g/mol. The molecule has 2 heterocycles. The summed E-state index contributed by atoms with van der Waals surface area (Å²) in [5, 5.41) is 0.578. The minimum atomic E-state index is -3.68. The minimum absolute atomic E-state index is 0.188. The van der Waals surface area contributed by atoms with Crippen LogP contribution in [-0.2, 0) is 10.0 Å². The van der Waals surface area contributed by atoms with Crippen LogP contribution >= 0.6 is 11.3 Å². The number of benzene rings is 2. The minimum Gasteiger partial charge on any atom is -0.454 e. The predicted octanol–water partition coefficient (Wildman–Crippen LogP) is 4.93. The van der Waals surface area contributed by atoms with E-state index in [1.165, 1.54) is 23.5 Å². The number of hydrogen-bond donors (Lipinski definition) is 0. The fourth-order valence-corrected chi connectivity index (χ4v) is 7.18. The highest BCUT2D eigenvalue weighted by Gasteiger charge is 2.27. The zero-order valence-electron chi connectivity index (χ0n) is 23.5. The number of sulfonamides is 1. The van der Waals surface area contributed by atoms with Crippen LogP contribution in [0.1, 0.15) is 44.5 Å². The summed E-state index contributed by atoms with van der Waals surface area (Å²) in [6.45, 7) is 10.4. The van der Waals surface area contributed by atoms with Crippen molar-refractivity contribution >= 4 is 42.6 Å². The van der Waals surface area contributed by atoms with Gasteiger partial charge in [-0.05, 0) is 63.2 Å². The molecule has 1 aliphatic heterocycles. The summed E-state index contributed by atoms with van der Waals surface area (Å²) in [7, 11) is 0.302. The van der Waals surface area contributed by atoms with E-state index in [2.05, 4.69) is 4.90 Å². The van der Waals surface area contributed by atoms with Gasteiger partial charge in [0, 0.05) is 37.3 Å². The molecule has 9 nitrogen and oxygen atoms in total. The number of nitrogens with zero attached hydrogens (tertiary/aromatic N) is 4. The Balaban J connectivity index is 1.62.